The highest BCUT2D eigenvalue weighted by Gasteiger charge is 2.27. The molecule has 0 atom stereocenters. The van der Waals surface area contributed by atoms with Crippen molar-refractivity contribution in [1.29, 1.82) is 0 Å². The Morgan fingerprint density at radius 3 is 2.52 bits per heavy atom. The highest BCUT2D eigenvalue weighted by molar-refractivity contribution is 7.15. The lowest BCUT2D eigenvalue weighted by molar-refractivity contribution is 0.428. The topological polar surface area (TPSA) is 70.3 Å². The number of aryl methyl sites for hydroxylation is 2. The fourth-order valence-electron chi connectivity index (χ4n) is 4.33. The monoisotopic (exact) mass is 462 g/mol. The average molecular weight is 463 g/mol. The van der Waals surface area contributed by atoms with Gasteiger partial charge in [-0.15, -0.1) is 11.3 Å². The number of pyridine rings is 1. The predicted molar refractivity (Wildman–Crippen MR) is 142 cm³/mol. The third-order valence-electron chi connectivity index (χ3n) is 6.30. The Morgan fingerprint density at radius 1 is 1.09 bits per heavy atom. The molecule has 1 saturated carbocycles. The zero-order valence-electron chi connectivity index (χ0n) is 20.1. The lowest BCUT2D eigenvalue weighted by Crippen LogP contribution is -2.39. The lowest BCUT2D eigenvalue weighted by Gasteiger charge is -2.37. The summed E-state index contributed by atoms with van der Waals surface area (Å²) in [5.74, 6) is 1.53. The van der Waals surface area contributed by atoms with Gasteiger partial charge in [-0.25, -0.2) is 9.97 Å². The molecule has 1 aliphatic carbocycles. The minimum absolute atomic E-state index is 0.305. The molecule has 7 heteroatoms. The van der Waals surface area contributed by atoms with E-state index in [9.17, 15) is 0 Å². The van der Waals surface area contributed by atoms with Crippen LogP contribution in [0.5, 0.6) is 0 Å². The first-order chi connectivity index (χ1) is 15.8. The summed E-state index contributed by atoms with van der Waals surface area (Å²) in [5.41, 5.74) is 11.3. The van der Waals surface area contributed by atoms with Gasteiger partial charge >= 0.3 is 0 Å². The third-order valence-corrected chi connectivity index (χ3v) is 7.29. The summed E-state index contributed by atoms with van der Waals surface area (Å²) in [6.07, 6.45) is 5.87. The molecule has 3 N–H and O–H groups in total. The quantitative estimate of drug-likeness (QED) is 0.436. The summed E-state index contributed by atoms with van der Waals surface area (Å²) in [7, 11) is 4.09. The van der Waals surface area contributed by atoms with Gasteiger partial charge in [-0.1, -0.05) is 38.0 Å². The van der Waals surface area contributed by atoms with Crippen LogP contribution in [0.1, 0.15) is 42.7 Å². The lowest BCUT2D eigenvalue weighted by atomic mass is 9.94. The molecule has 2 heterocycles. The molecule has 1 aromatic carbocycles. The second-order valence-corrected chi connectivity index (χ2v) is 10.2. The number of nitrogens with zero attached hydrogens (tertiary/aromatic N) is 4. The molecule has 174 valence electrons. The highest BCUT2D eigenvalue weighted by atomic mass is 32.1. The van der Waals surface area contributed by atoms with Crippen LogP contribution < -0.4 is 20.9 Å². The van der Waals surface area contributed by atoms with Crippen molar-refractivity contribution in [3.63, 3.8) is 0 Å². The maximum Gasteiger partial charge on any atom is 0.188 e. The molecule has 4 rings (SSSR count). The van der Waals surface area contributed by atoms with E-state index in [1.165, 1.54) is 24.1 Å². The van der Waals surface area contributed by atoms with E-state index >= 15 is 0 Å². The van der Waals surface area contributed by atoms with Crippen molar-refractivity contribution >= 4 is 33.7 Å². The summed E-state index contributed by atoms with van der Waals surface area (Å²) in [6.45, 7) is 8.52. The van der Waals surface area contributed by atoms with Crippen molar-refractivity contribution in [1.82, 2.24) is 9.97 Å². The van der Waals surface area contributed by atoms with Gasteiger partial charge in [-0.3, -0.25) is 0 Å². The van der Waals surface area contributed by atoms with Gasteiger partial charge in [-0.2, -0.15) is 0 Å². The minimum Gasteiger partial charge on any atom is -0.396 e. The molecule has 33 heavy (non-hydrogen) atoms. The van der Waals surface area contributed by atoms with E-state index in [0.29, 0.717) is 11.7 Å². The molecule has 0 spiro atoms. The Balaban J connectivity index is 1.72. The number of aromatic nitrogens is 2. The zero-order valence-corrected chi connectivity index (χ0v) is 20.9. The molecular weight excluding hydrogens is 428 g/mol. The maximum absolute atomic E-state index is 6.52. The second kappa shape index (κ2) is 9.83. The number of nitrogens with two attached hydrogens (primary N) is 1. The van der Waals surface area contributed by atoms with Gasteiger partial charge in [-0.05, 0) is 51.0 Å². The summed E-state index contributed by atoms with van der Waals surface area (Å²) in [4.78, 5) is 15.2. The first-order valence-corrected chi connectivity index (χ1v) is 12.4. The number of benzene rings is 1. The van der Waals surface area contributed by atoms with Crippen LogP contribution >= 0.6 is 11.3 Å². The number of anilines is 4. The molecule has 1 fully saturated rings. The number of thiazole rings is 1. The van der Waals surface area contributed by atoms with E-state index in [1.807, 2.05) is 33.2 Å². The third kappa shape index (κ3) is 5.14. The van der Waals surface area contributed by atoms with Crippen molar-refractivity contribution in [2.45, 2.75) is 52.0 Å². The molecule has 3 aromatic rings. The van der Waals surface area contributed by atoms with Gasteiger partial charge in [0.05, 0.1) is 17.1 Å². The number of hydrogen-bond acceptors (Lipinski definition) is 7. The van der Waals surface area contributed by atoms with E-state index in [2.05, 4.69) is 57.9 Å². The SMILES string of the molecule is C=C(Nc1nc(C)c(C)s1)N(c1nc(-c2cccc(N(C)C)c2)ccc1N)C1CCCCC1. The fourth-order valence-corrected chi connectivity index (χ4v) is 5.16. The van der Waals surface area contributed by atoms with Gasteiger partial charge in [0.1, 0.15) is 5.82 Å². The van der Waals surface area contributed by atoms with E-state index in [0.717, 1.165) is 52.3 Å². The van der Waals surface area contributed by atoms with Crippen LogP contribution in [0.2, 0.25) is 0 Å². The Morgan fingerprint density at radius 2 is 1.85 bits per heavy atom. The zero-order chi connectivity index (χ0) is 23.5. The fraction of sp³-hybridized carbons (Fsp3) is 0.385. The standard InChI is InChI=1S/C26H34N6S/c1-17-18(2)33-26(28-17)29-19(3)32(21-11-7-6-8-12-21)25-23(27)14-15-24(30-25)20-10-9-13-22(16-20)31(4)5/h9-10,13-16,21H,3,6-8,11-12,27H2,1-2,4-5H3,(H,28,29). The van der Waals surface area contributed by atoms with E-state index in [-0.39, 0.29) is 0 Å². The number of nitrogens with one attached hydrogen (secondary N) is 1. The second-order valence-electron chi connectivity index (χ2n) is 8.95. The van der Waals surface area contributed by atoms with Crippen molar-refractivity contribution in [2.75, 3.05) is 34.9 Å². The minimum atomic E-state index is 0.305. The Hall–Kier alpha value is -3.06. The highest BCUT2D eigenvalue weighted by Crippen LogP contribution is 2.35. The largest absolute Gasteiger partial charge is 0.396 e. The molecule has 2 aromatic heterocycles. The Bertz CT molecular complexity index is 1110. The van der Waals surface area contributed by atoms with Crippen molar-refractivity contribution in [2.24, 2.45) is 0 Å². The molecule has 0 unspecified atom stereocenters. The Kier molecular flexibility index (Phi) is 6.88. The molecule has 6 nitrogen and oxygen atoms in total. The summed E-state index contributed by atoms with van der Waals surface area (Å²) in [6, 6.07) is 12.7. The van der Waals surface area contributed by atoms with Crippen LogP contribution in [0.3, 0.4) is 0 Å². The first kappa shape index (κ1) is 23.1. The van der Waals surface area contributed by atoms with Gasteiger partial charge in [0, 0.05) is 36.3 Å². The van der Waals surface area contributed by atoms with Crippen LogP contribution in [-0.4, -0.2) is 30.1 Å². The molecule has 0 amide bonds. The van der Waals surface area contributed by atoms with Crippen molar-refractivity contribution in [3.8, 4) is 11.3 Å². The predicted octanol–water partition coefficient (Wildman–Crippen LogP) is 6.19. The van der Waals surface area contributed by atoms with Crippen LogP contribution in [0.15, 0.2) is 48.8 Å². The molecule has 1 aliphatic rings. The molecule has 0 aliphatic heterocycles. The van der Waals surface area contributed by atoms with Gasteiger partial charge < -0.3 is 20.9 Å². The average Bonchev–Trinajstić information content (AvgIpc) is 3.12. The number of hydrogen-bond donors (Lipinski definition) is 2. The van der Waals surface area contributed by atoms with Gasteiger partial charge in [0.25, 0.3) is 0 Å². The number of nitrogen functional groups attached to an aromatic ring is 1. The van der Waals surface area contributed by atoms with Gasteiger partial charge in [0.2, 0.25) is 0 Å². The number of rotatable bonds is 7. The van der Waals surface area contributed by atoms with E-state index < -0.39 is 0 Å². The van der Waals surface area contributed by atoms with E-state index in [1.54, 1.807) is 11.3 Å². The smallest absolute Gasteiger partial charge is 0.188 e. The normalized spacial score (nSPS) is 14.2. The van der Waals surface area contributed by atoms with Crippen LogP contribution in [-0.2, 0) is 0 Å². The van der Waals surface area contributed by atoms with Gasteiger partial charge in [0.15, 0.2) is 10.9 Å². The van der Waals surface area contributed by atoms with Crippen molar-refractivity contribution < 1.29 is 0 Å². The van der Waals surface area contributed by atoms with E-state index in [4.69, 9.17) is 10.7 Å². The van der Waals surface area contributed by atoms with Crippen molar-refractivity contribution in [3.05, 3.63) is 59.4 Å². The molecular formula is C26H34N6S. The van der Waals surface area contributed by atoms with Crippen LogP contribution in [0.25, 0.3) is 11.3 Å². The molecule has 0 radical (unpaired) electrons. The Labute approximate surface area is 201 Å². The summed E-state index contributed by atoms with van der Waals surface area (Å²) < 4.78 is 0. The van der Waals surface area contributed by atoms with Crippen LogP contribution in [0, 0.1) is 13.8 Å². The summed E-state index contributed by atoms with van der Waals surface area (Å²) >= 11 is 1.64. The first-order valence-electron chi connectivity index (χ1n) is 11.6. The maximum atomic E-state index is 6.52. The van der Waals surface area contributed by atoms with Crippen LogP contribution in [0.4, 0.5) is 22.3 Å². The molecule has 0 bridgehead atoms. The molecule has 0 saturated heterocycles. The summed E-state index contributed by atoms with van der Waals surface area (Å²) in [5, 5.41) is 4.30.